The van der Waals surface area contributed by atoms with E-state index < -0.39 is 8.56 Å². The first-order chi connectivity index (χ1) is 5.83. The molecule has 3 heteroatoms. The molecule has 1 aliphatic rings. The molecule has 0 spiro atoms. The zero-order valence-electron chi connectivity index (χ0n) is 8.27. The second-order valence-electron chi connectivity index (χ2n) is 3.40. The maximum absolute atomic E-state index is 5.86. The first-order valence-electron chi connectivity index (χ1n) is 5.11. The highest BCUT2D eigenvalue weighted by Gasteiger charge is 2.37. The van der Waals surface area contributed by atoms with Crippen molar-refractivity contribution in [3.63, 3.8) is 0 Å². The monoisotopic (exact) mass is 188 g/mol. The van der Waals surface area contributed by atoms with Gasteiger partial charge in [0.1, 0.15) is 0 Å². The van der Waals surface area contributed by atoms with E-state index in [2.05, 4.69) is 13.8 Å². The van der Waals surface area contributed by atoms with Crippen LogP contribution in [0.3, 0.4) is 0 Å². The maximum Gasteiger partial charge on any atom is 0.338 e. The summed E-state index contributed by atoms with van der Waals surface area (Å²) in [6.07, 6.45) is 3.74. The van der Waals surface area contributed by atoms with Gasteiger partial charge in [-0.3, -0.25) is 0 Å². The van der Waals surface area contributed by atoms with Crippen molar-refractivity contribution in [1.29, 1.82) is 0 Å². The molecule has 0 aromatic rings. The molecule has 2 nitrogen and oxygen atoms in total. The van der Waals surface area contributed by atoms with E-state index in [4.69, 9.17) is 8.85 Å². The van der Waals surface area contributed by atoms with Crippen molar-refractivity contribution < 1.29 is 8.85 Å². The van der Waals surface area contributed by atoms with Crippen LogP contribution in [-0.2, 0) is 8.85 Å². The summed E-state index contributed by atoms with van der Waals surface area (Å²) >= 11 is 0. The van der Waals surface area contributed by atoms with Gasteiger partial charge in [-0.2, -0.15) is 0 Å². The summed E-state index contributed by atoms with van der Waals surface area (Å²) in [5.41, 5.74) is 0. The van der Waals surface area contributed by atoms with Gasteiger partial charge >= 0.3 is 8.56 Å². The molecular formula is C9H20O2Si. The Kier molecular flexibility index (Phi) is 4.25. The quantitative estimate of drug-likeness (QED) is 0.632. The van der Waals surface area contributed by atoms with Gasteiger partial charge in [0.15, 0.2) is 0 Å². The van der Waals surface area contributed by atoms with Gasteiger partial charge in [-0.05, 0) is 31.9 Å². The van der Waals surface area contributed by atoms with Crippen LogP contribution in [0.1, 0.15) is 33.1 Å². The molecule has 1 aliphatic heterocycles. The molecule has 1 unspecified atom stereocenters. The Labute approximate surface area is 76.5 Å². The Morgan fingerprint density at radius 1 is 1.33 bits per heavy atom. The second kappa shape index (κ2) is 4.99. The van der Waals surface area contributed by atoms with E-state index in [1.165, 1.54) is 31.4 Å². The molecule has 0 aliphatic carbocycles. The van der Waals surface area contributed by atoms with Crippen LogP contribution < -0.4 is 0 Å². The summed E-state index contributed by atoms with van der Waals surface area (Å²) in [7, 11) is -1.68. The lowest BCUT2D eigenvalue weighted by molar-refractivity contribution is 0.154. The number of hydrogen-bond donors (Lipinski definition) is 0. The molecule has 0 bridgehead atoms. The summed E-state index contributed by atoms with van der Waals surface area (Å²) < 4.78 is 11.7. The van der Waals surface area contributed by atoms with Crippen LogP contribution in [0, 0.1) is 0 Å². The summed E-state index contributed by atoms with van der Waals surface area (Å²) in [4.78, 5) is 0. The maximum atomic E-state index is 5.86. The molecule has 0 aromatic carbocycles. The summed E-state index contributed by atoms with van der Waals surface area (Å²) in [6, 6.07) is 2.40. The molecule has 0 aromatic heterocycles. The fraction of sp³-hybridized carbons (Fsp3) is 1.00. The van der Waals surface area contributed by atoms with Crippen LogP contribution >= 0.6 is 0 Å². The zero-order valence-corrected chi connectivity index (χ0v) is 9.27. The van der Waals surface area contributed by atoms with Crippen LogP contribution in [0.5, 0.6) is 0 Å². The Morgan fingerprint density at radius 3 is 2.67 bits per heavy atom. The number of rotatable bonds is 4. The van der Waals surface area contributed by atoms with Gasteiger partial charge in [-0.1, -0.05) is 13.3 Å². The SMILES string of the molecule is CCC[Si]1(OCC)CCCCO1. The summed E-state index contributed by atoms with van der Waals surface area (Å²) in [5.74, 6) is 0. The van der Waals surface area contributed by atoms with E-state index in [9.17, 15) is 0 Å². The molecule has 12 heavy (non-hydrogen) atoms. The van der Waals surface area contributed by atoms with E-state index in [-0.39, 0.29) is 0 Å². The van der Waals surface area contributed by atoms with Crippen molar-refractivity contribution in [2.45, 2.75) is 45.2 Å². The van der Waals surface area contributed by atoms with Gasteiger partial charge in [-0.15, -0.1) is 0 Å². The number of hydrogen-bond acceptors (Lipinski definition) is 2. The van der Waals surface area contributed by atoms with Crippen molar-refractivity contribution in [3.8, 4) is 0 Å². The molecule has 1 heterocycles. The third-order valence-corrected chi connectivity index (χ3v) is 6.28. The van der Waals surface area contributed by atoms with Crippen LogP contribution in [0.4, 0.5) is 0 Å². The van der Waals surface area contributed by atoms with Crippen molar-refractivity contribution in [3.05, 3.63) is 0 Å². The third kappa shape index (κ3) is 2.57. The van der Waals surface area contributed by atoms with Gasteiger partial charge in [-0.25, -0.2) is 0 Å². The van der Waals surface area contributed by atoms with E-state index >= 15 is 0 Å². The summed E-state index contributed by atoms with van der Waals surface area (Å²) in [6.45, 7) is 6.05. The van der Waals surface area contributed by atoms with E-state index in [1.54, 1.807) is 0 Å². The topological polar surface area (TPSA) is 18.5 Å². The lowest BCUT2D eigenvalue weighted by atomic mass is 10.4. The smallest absolute Gasteiger partial charge is 0.338 e. The normalized spacial score (nSPS) is 30.5. The minimum Gasteiger partial charge on any atom is -0.394 e. The van der Waals surface area contributed by atoms with Crippen LogP contribution in [0.25, 0.3) is 0 Å². The van der Waals surface area contributed by atoms with Gasteiger partial charge in [0.2, 0.25) is 0 Å². The molecule has 0 amide bonds. The van der Waals surface area contributed by atoms with Crippen LogP contribution in [-0.4, -0.2) is 21.8 Å². The molecule has 1 atom stereocenters. The Morgan fingerprint density at radius 2 is 2.17 bits per heavy atom. The minimum atomic E-state index is -1.68. The average Bonchev–Trinajstić information content (AvgIpc) is 2.07. The molecule has 1 saturated heterocycles. The largest absolute Gasteiger partial charge is 0.394 e. The second-order valence-corrected chi connectivity index (χ2v) is 6.80. The molecule has 0 saturated carbocycles. The van der Waals surface area contributed by atoms with E-state index in [0.717, 1.165) is 13.2 Å². The van der Waals surface area contributed by atoms with Crippen LogP contribution in [0.15, 0.2) is 0 Å². The average molecular weight is 188 g/mol. The highest BCUT2D eigenvalue weighted by Crippen LogP contribution is 2.27. The fourth-order valence-corrected chi connectivity index (χ4v) is 5.36. The van der Waals surface area contributed by atoms with Gasteiger partial charge in [0.25, 0.3) is 0 Å². The first kappa shape index (κ1) is 10.2. The fourth-order valence-electron chi connectivity index (χ4n) is 1.85. The molecule has 72 valence electrons. The highest BCUT2D eigenvalue weighted by molar-refractivity contribution is 6.67. The molecule has 1 fully saturated rings. The lowest BCUT2D eigenvalue weighted by Gasteiger charge is -2.33. The van der Waals surface area contributed by atoms with Gasteiger partial charge in [0.05, 0.1) is 0 Å². The van der Waals surface area contributed by atoms with Crippen molar-refractivity contribution >= 4 is 8.56 Å². The lowest BCUT2D eigenvalue weighted by Crippen LogP contribution is -2.44. The molecule has 0 N–H and O–H groups in total. The van der Waals surface area contributed by atoms with Crippen LogP contribution in [0.2, 0.25) is 12.1 Å². The predicted molar refractivity (Wildman–Crippen MR) is 52.5 cm³/mol. The predicted octanol–water partition coefficient (Wildman–Crippen LogP) is 2.69. The Hall–Kier alpha value is 0.137. The molecular weight excluding hydrogens is 168 g/mol. The highest BCUT2D eigenvalue weighted by atomic mass is 28.4. The standard InChI is InChI=1S/C9H20O2Si/c1-3-8-12(10-4-2)9-6-5-7-11-12/h3-9H2,1-2H3. The van der Waals surface area contributed by atoms with Crippen molar-refractivity contribution in [2.75, 3.05) is 13.2 Å². The molecule has 1 rings (SSSR count). The minimum absolute atomic E-state index is 0.826. The van der Waals surface area contributed by atoms with Crippen molar-refractivity contribution in [1.82, 2.24) is 0 Å². The zero-order chi connectivity index (χ0) is 8.86. The Balaban J connectivity index is 2.44. The van der Waals surface area contributed by atoms with E-state index in [1.807, 2.05) is 0 Å². The van der Waals surface area contributed by atoms with Crippen molar-refractivity contribution in [2.24, 2.45) is 0 Å². The third-order valence-electron chi connectivity index (χ3n) is 2.36. The summed E-state index contributed by atoms with van der Waals surface area (Å²) in [5, 5.41) is 0. The van der Waals surface area contributed by atoms with E-state index in [0.29, 0.717) is 0 Å². The van der Waals surface area contributed by atoms with Gasteiger partial charge < -0.3 is 8.85 Å². The Bertz CT molecular complexity index is 106. The first-order valence-corrected chi connectivity index (χ1v) is 7.34. The van der Waals surface area contributed by atoms with Gasteiger partial charge in [0, 0.05) is 13.2 Å². The molecule has 0 radical (unpaired) electrons.